The van der Waals surface area contributed by atoms with Crippen molar-refractivity contribution in [3.8, 4) is 0 Å². The van der Waals surface area contributed by atoms with E-state index in [4.69, 9.17) is 11.6 Å². The summed E-state index contributed by atoms with van der Waals surface area (Å²) in [6, 6.07) is 10.5. The van der Waals surface area contributed by atoms with Crippen LogP contribution in [0.25, 0.3) is 11.2 Å². The van der Waals surface area contributed by atoms with Crippen molar-refractivity contribution in [2.75, 3.05) is 11.9 Å². The summed E-state index contributed by atoms with van der Waals surface area (Å²) < 4.78 is 1.85. The molecule has 4 rings (SSSR count). The fourth-order valence-electron chi connectivity index (χ4n) is 3.40. The second-order valence-corrected chi connectivity index (χ2v) is 7.11. The van der Waals surface area contributed by atoms with Crippen molar-refractivity contribution in [2.45, 2.75) is 32.6 Å². The van der Waals surface area contributed by atoms with Gasteiger partial charge in [0.05, 0.1) is 6.20 Å². The Hall–Kier alpha value is -2.33. The highest BCUT2D eigenvalue weighted by Crippen LogP contribution is 2.29. The van der Waals surface area contributed by atoms with Gasteiger partial charge >= 0.3 is 0 Å². The summed E-state index contributed by atoms with van der Waals surface area (Å²) in [6.07, 6.45) is 6.21. The van der Waals surface area contributed by atoms with E-state index in [2.05, 4.69) is 59.6 Å². The number of benzene rings is 1. The normalized spacial score (nSPS) is 13.4. The summed E-state index contributed by atoms with van der Waals surface area (Å²) in [6.45, 7) is 5.10. The zero-order chi connectivity index (χ0) is 17.4. The number of nitrogens with one attached hydrogen (secondary N) is 1. The molecule has 5 heteroatoms. The Morgan fingerprint density at radius 3 is 2.96 bits per heavy atom. The topological polar surface area (TPSA) is 42.2 Å². The molecule has 25 heavy (non-hydrogen) atoms. The molecule has 2 heterocycles. The Labute approximate surface area is 152 Å². The molecule has 0 saturated heterocycles. The van der Waals surface area contributed by atoms with Crippen LogP contribution in [0.15, 0.2) is 42.6 Å². The van der Waals surface area contributed by atoms with Gasteiger partial charge in [-0.25, -0.2) is 4.98 Å². The van der Waals surface area contributed by atoms with Crippen LogP contribution in [0.3, 0.4) is 0 Å². The van der Waals surface area contributed by atoms with Gasteiger partial charge in [0.15, 0.2) is 5.65 Å². The molecular weight excluding hydrogens is 332 g/mol. The maximum Gasteiger partial charge on any atom is 0.162 e. The van der Waals surface area contributed by atoms with Crippen molar-refractivity contribution < 1.29 is 0 Å². The summed E-state index contributed by atoms with van der Waals surface area (Å²) in [7, 11) is 0. The molecule has 1 aliphatic rings. The molecule has 0 bridgehead atoms. The van der Waals surface area contributed by atoms with Crippen LogP contribution < -0.4 is 5.32 Å². The first-order valence-electron chi connectivity index (χ1n) is 8.69. The summed E-state index contributed by atoms with van der Waals surface area (Å²) in [5, 5.41) is 8.45. The molecule has 1 N–H and O–H groups in total. The van der Waals surface area contributed by atoms with Gasteiger partial charge in [-0.15, -0.1) is 0 Å². The molecule has 1 aromatic carbocycles. The van der Waals surface area contributed by atoms with E-state index in [0.29, 0.717) is 11.1 Å². The van der Waals surface area contributed by atoms with Gasteiger partial charge in [-0.2, -0.15) is 9.61 Å². The molecule has 0 fully saturated rings. The smallest absolute Gasteiger partial charge is 0.162 e. The number of fused-ring (bicyclic) bond motifs is 2. The Balaban J connectivity index is 1.52. The minimum atomic E-state index is 0.358. The number of nitrogens with zero attached hydrogens (tertiary/aromatic N) is 3. The van der Waals surface area contributed by atoms with E-state index in [1.807, 2.05) is 16.8 Å². The highest BCUT2D eigenvalue weighted by molar-refractivity contribution is 6.29. The van der Waals surface area contributed by atoms with E-state index >= 15 is 0 Å². The molecule has 128 valence electrons. The lowest BCUT2D eigenvalue weighted by atomic mass is 10.0. The number of allylic oxidation sites excluding steroid dienone is 1. The second-order valence-electron chi connectivity index (χ2n) is 6.72. The Morgan fingerprint density at radius 1 is 1.28 bits per heavy atom. The highest BCUT2D eigenvalue weighted by Gasteiger charge is 2.15. The van der Waals surface area contributed by atoms with Crippen LogP contribution in [-0.2, 0) is 6.42 Å². The van der Waals surface area contributed by atoms with E-state index in [1.54, 1.807) is 0 Å². The third kappa shape index (κ3) is 3.02. The zero-order valence-electron chi connectivity index (χ0n) is 14.5. The molecule has 4 nitrogen and oxygen atoms in total. The first-order chi connectivity index (χ1) is 12.1. The fourth-order valence-corrected chi connectivity index (χ4v) is 3.58. The van der Waals surface area contributed by atoms with E-state index in [1.165, 1.54) is 16.7 Å². The molecule has 3 aromatic rings. The second kappa shape index (κ2) is 6.52. The van der Waals surface area contributed by atoms with Crippen molar-refractivity contribution in [1.29, 1.82) is 0 Å². The Bertz CT molecular complexity index is 955. The lowest BCUT2D eigenvalue weighted by Gasteiger charge is -2.11. The standard InChI is InChI=1S/C20H21ClN4/c1-13(2)17-12-23-25-19(11-18(21)24-20(17)25)22-10-9-15-8-7-14-5-3-4-6-16(14)15/h3-6,8,11-13,22H,7,9-10H2,1-2H3. The van der Waals surface area contributed by atoms with Crippen LogP contribution in [0.5, 0.6) is 0 Å². The van der Waals surface area contributed by atoms with Gasteiger partial charge in [0, 0.05) is 18.2 Å². The van der Waals surface area contributed by atoms with Crippen LogP contribution in [0.4, 0.5) is 5.82 Å². The minimum Gasteiger partial charge on any atom is -0.370 e. The van der Waals surface area contributed by atoms with Gasteiger partial charge < -0.3 is 5.32 Å². The van der Waals surface area contributed by atoms with Gasteiger partial charge in [0.1, 0.15) is 11.0 Å². The average Bonchev–Trinajstić information content (AvgIpc) is 3.19. The molecule has 0 atom stereocenters. The van der Waals surface area contributed by atoms with Gasteiger partial charge in [-0.3, -0.25) is 0 Å². The van der Waals surface area contributed by atoms with Gasteiger partial charge in [0.25, 0.3) is 0 Å². The number of halogens is 1. The van der Waals surface area contributed by atoms with Crippen LogP contribution in [0.1, 0.15) is 42.9 Å². The van der Waals surface area contributed by atoms with Crippen molar-refractivity contribution in [1.82, 2.24) is 14.6 Å². The summed E-state index contributed by atoms with van der Waals surface area (Å²) in [5.74, 6) is 1.24. The highest BCUT2D eigenvalue weighted by atomic mass is 35.5. The van der Waals surface area contributed by atoms with Crippen molar-refractivity contribution in [3.05, 3.63) is 64.4 Å². The third-order valence-corrected chi connectivity index (χ3v) is 4.92. The zero-order valence-corrected chi connectivity index (χ0v) is 15.2. The van der Waals surface area contributed by atoms with Gasteiger partial charge in [0.2, 0.25) is 0 Å². The summed E-state index contributed by atoms with van der Waals surface area (Å²) in [5.41, 5.74) is 6.14. The van der Waals surface area contributed by atoms with Crippen molar-refractivity contribution in [2.24, 2.45) is 0 Å². The van der Waals surface area contributed by atoms with Gasteiger partial charge in [-0.05, 0) is 35.5 Å². The molecule has 0 unspecified atom stereocenters. The molecule has 1 aliphatic carbocycles. The van der Waals surface area contributed by atoms with Gasteiger partial charge in [-0.1, -0.05) is 55.8 Å². The van der Waals surface area contributed by atoms with E-state index in [0.717, 1.165) is 36.4 Å². The largest absolute Gasteiger partial charge is 0.370 e. The average molecular weight is 353 g/mol. The number of aromatic nitrogens is 3. The Morgan fingerprint density at radius 2 is 2.12 bits per heavy atom. The number of rotatable bonds is 5. The fraction of sp³-hybridized carbons (Fsp3) is 0.300. The van der Waals surface area contributed by atoms with E-state index < -0.39 is 0 Å². The lowest BCUT2D eigenvalue weighted by molar-refractivity contribution is 0.871. The predicted octanol–water partition coefficient (Wildman–Crippen LogP) is 4.95. The summed E-state index contributed by atoms with van der Waals surface area (Å²) in [4.78, 5) is 4.45. The van der Waals surface area contributed by atoms with E-state index in [-0.39, 0.29) is 0 Å². The third-order valence-electron chi connectivity index (χ3n) is 4.72. The number of hydrogen-bond donors (Lipinski definition) is 1. The molecule has 0 saturated carbocycles. The first kappa shape index (κ1) is 16.2. The number of hydrogen-bond acceptors (Lipinski definition) is 3. The summed E-state index contributed by atoms with van der Waals surface area (Å²) >= 11 is 6.23. The predicted molar refractivity (Wildman–Crippen MR) is 103 cm³/mol. The monoisotopic (exact) mass is 352 g/mol. The lowest BCUT2D eigenvalue weighted by Crippen LogP contribution is -2.08. The first-order valence-corrected chi connectivity index (χ1v) is 9.06. The molecule has 2 aromatic heterocycles. The molecular formula is C20H21ClN4. The molecule has 0 spiro atoms. The van der Waals surface area contributed by atoms with Crippen molar-refractivity contribution in [3.63, 3.8) is 0 Å². The SMILES string of the molecule is CC(C)c1cnn2c(NCCC3=CCc4ccccc43)cc(Cl)nc12. The minimum absolute atomic E-state index is 0.358. The maximum absolute atomic E-state index is 6.23. The van der Waals surface area contributed by atoms with Crippen LogP contribution in [0.2, 0.25) is 5.15 Å². The molecule has 0 aliphatic heterocycles. The number of anilines is 1. The van der Waals surface area contributed by atoms with Crippen LogP contribution in [0, 0.1) is 0 Å². The van der Waals surface area contributed by atoms with Crippen LogP contribution in [-0.4, -0.2) is 21.1 Å². The van der Waals surface area contributed by atoms with Crippen molar-refractivity contribution >= 4 is 28.6 Å². The quantitative estimate of drug-likeness (QED) is 0.661. The molecule has 0 amide bonds. The Kier molecular flexibility index (Phi) is 4.22. The van der Waals surface area contributed by atoms with Crippen LogP contribution >= 0.6 is 11.6 Å². The van der Waals surface area contributed by atoms with E-state index in [9.17, 15) is 0 Å². The molecule has 0 radical (unpaired) electrons. The maximum atomic E-state index is 6.23.